The van der Waals surface area contributed by atoms with Crippen molar-refractivity contribution in [3.8, 4) is 0 Å². The molecule has 4 aromatic carbocycles. The third-order valence-corrected chi connectivity index (χ3v) is 3.88. The second kappa shape index (κ2) is 14.6. The Morgan fingerprint density at radius 1 is 0.741 bits per heavy atom. The molecule has 0 heterocycles. The molecule has 0 aliphatic carbocycles. The number of hydrogen-bond acceptors (Lipinski definition) is 0. The zero-order valence-corrected chi connectivity index (χ0v) is 20.0. The van der Waals surface area contributed by atoms with E-state index in [1.165, 1.54) is 39.1 Å². The van der Waals surface area contributed by atoms with Crippen LogP contribution in [-0.2, 0) is 26.2 Å². The predicted molar refractivity (Wildman–Crippen MR) is 122 cm³/mol. The first-order valence-corrected chi connectivity index (χ1v) is 8.67. The van der Waals surface area contributed by atoms with E-state index in [2.05, 4.69) is 100 Å². The summed E-state index contributed by atoms with van der Waals surface area (Å²) in [5, 5.41) is 5.39. The minimum atomic E-state index is 0. The number of rotatable bonds is 1. The van der Waals surface area contributed by atoms with Crippen LogP contribution in [0.1, 0.15) is 30.9 Å². The fourth-order valence-electron chi connectivity index (χ4n) is 2.61. The van der Waals surface area contributed by atoms with E-state index in [9.17, 15) is 0 Å². The van der Waals surface area contributed by atoms with Gasteiger partial charge >= 0.3 is 0 Å². The van der Waals surface area contributed by atoms with Crippen LogP contribution >= 0.6 is 0 Å². The SMILES string of the molecule is Cc1cc2ccccc2[cH-]1.Cc1cc2ccccc2[cH-]1.[CH2-]CCC.[CH3-].[CH3-].[Zr]. The van der Waals surface area contributed by atoms with E-state index in [-0.39, 0.29) is 41.1 Å². The number of unbranched alkanes of at least 4 members (excludes halogenated alkanes) is 1. The quantitative estimate of drug-likeness (QED) is 0.263. The van der Waals surface area contributed by atoms with Crippen LogP contribution in [0.2, 0.25) is 0 Å². The van der Waals surface area contributed by atoms with Gasteiger partial charge in [0.2, 0.25) is 0 Å². The van der Waals surface area contributed by atoms with Crippen molar-refractivity contribution in [1.29, 1.82) is 0 Å². The molecule has 0 aliphatic rings. The van der Waals surface area contributed by atoms with Crippen molar-refractivity contribution in [2.75, 3.05) is 0 Å². The summed E-state index contributed by atoms with van der Waals surface area (Å²) in [5.41, 5.74) is 2.70. The molecule has 27 heavy (non-hydrogen) atoms. The van der Waals surface area contributed by atoms with Gasteiger partial charge in [0.25, 0.3) is 0 Å². The van der Waals surface area contributed by atoms with Crippen LogP contribution < -0.4 is 0 Å². The minimum absolute atomic E-state index is 0. The third kappa shape index (κ3) is 8.85. The Hall–Kier alpha value is -1.46. The van der Waals surface area contributed by atoms with Gasteiger partial charge in [0.15, 0.2) is 0 Å². The fourth-order valence-corrected chi connectivity index (χ4v) is 2.61. The zero-order valence-electron chi connectivity index (χ0n) is 17.5. The predicted octanol–water partition coefficient (Wildman–Crippen LogP) is 8.25. The summed E-state index contributed by atoms with van der Waals surface area (Å²) in [6, 6.07) is 25.7. The van der Waals surface area contributed by atoms with Crippen LogP contribution in [0.4, 0.5) is 0 Å². The maximum absolute atomic E-state index is 3.60. The summed E-state index contributed by atoms with van der Waals surface area (Å²) in [4.78, 5) is 0. The molecule has 146 valence electrons. The molecule has 0 saturated heterocycles. The molecule has 4 rings (SSSR count). The first-order chi connectivity index (χ1) is 11.6. The van der Waals surface area contributed by atoms with Gasteiger partial charge in [-0.1, -0.05) is 39.3 Å². The van der Waals surface area contributed by atoms with E-state index in [4.69, 9.17) is 0 Å². The molecule has 0 aliphatic heterocycles. The Balaban J connectivity index is 0. The Labute approximate surface area is 186 Å². The van der Waals surface area contributed by atoms with Gasteiger partial charge in [-0.15, -0.1) is 81.2 Å². The van der Waals surface area contributed by atoms with Crippen LogP contribution in [0.5, 0.6) is 0 Å². The maximum atomic E-state index is 3.60. The minimum Gasteiger partial charge on any atom is -0.358 e. The van der Waals surface area contributed by atoms with Gasteiger partial charge in [0, 0.05) is 26.2 Å². The molecule has 0 atom stereocenters. The standard InChI is InChI=1S/2C10H9.C4H9.2CH3.Zr/c2*1-8-6-9-4-2-3-5-10(9)7-8;1-3-4-2;;;/h2*2-7H,1H3;1,3-4H2,2H3;2*1H3;/q5*-1;. The molecule has 0 unspecified atom stereocenters. The summed E-state index contributed by atoms with van der Waals surface area (Å²) in [6.07, 6.45) is 2.28. The summed E-state index contributed by atoms with van der Waals surface area (Å²) in [5.74, 6) is 0. The van der Waals surface area contributed by atoms with E-state index in [1.807, 2.05) is 0 Å². The molecular weight excluding hydrogens is 404 g/mol. The Bertz CT molecular complexity index is 724. The average molecular weight is 437 g/mol. The molecule has 0 nitrogen and oxygen atoms in total. The first-order valence-electron chi connectivity index (χ1n) is 8.67. The Kier molecular flexibility index (Phi) is 15.0. The largest absolute Gasteiger partial charge is 0.358 e. The Morgan fingerprint density at radius 2 is 1.07 bits per heavy atom. The normalized spacial score (nSPS) is 8.89. The summed E-state index contributed by atoms with van der Waals surface area (Å²) in [6.45, 7) is 9.97. The van der Waals surface area contributed by atoms with Crippen LogP contribution in [0.25, 0.3) is 21.5 Å². The van der Waals surface area contributed by atoms with Gasteiger partial charge in [-0.25, -0.2) is 0 Å². The third-order valence-electron chi connectivity index (χ3n) is 3.88. The molecule has 0 radical (unpaired) electrons. The molecular formula is C26H33Zr-5. The second-order valence-electron chi connectivity index (χ2n) is 6.18. The van der Waals surface area contributed by atoms with Gasteiger partial charge in [0.1, 0.15) is 0 Å². The van der Waals surface area contributed by atoms with E-state index in [0.717, 1.165) is 6.42 Å². The molecule has 0 spiro atoms. The van der Waals surface area contributed by atoms with E-state index in [0.29, 0.717) is 0 Å². The van der Waals surface area contributed by atoms with Crippen molar-refractivity contribution < 1.29 is 26.2 Å². The topological polar surface area (TPSA) is 0 Å². The summed E-state index contributed by atoms with van der Waals surface area (Å²) < 4.78 is 0. The average Bonchev–Trinajstić information content (AvgIpc) is 3.15. The molecule has 4 aromatic rings. The molecule has 0 aromatic heterocycles. The van der Waals surface area contributed by atoms with Crippen molar-refractivity contribution in [3.05, 3.63) is 106 Å². The van der Waals surface area contributed by atoms with Crippen molar-refractivity contribution in [2.45, 2.75) is 33.6 Å². The zero-order chi connectivity index (χ0) is 17.4. The van der Waals surface area contributed by atoms with E-state index in [1.54, 1.807) is 0 Å². The van der Waals surface area contributed by atoms with Crippen molar-refractivity contribution >= 4 is 21.5 Å². The first kappa shape index (κ1) is 27.8. The van der Waals surface area contributed by atoms with Gasteiger partial charge < -0.3 is 21.8 Å². The van der Waals surface area contributed by atoms with Crippen molar-refractivity contribution in [2.24, 2.45) is 0 Å². The fraction of sp³-hybridized carbons (Fsp3) is 0.192. The Morgan fingerprint density at radius 3 is 1.37 bits per heavy atom. The van der Waals surface area contributed by atoms with Crippen LogP contribution in [0.3, 0.4) is 0 Å². The van der Waals surface area contributed by atoms with Gasteiger partial charge in [-0.3, -0.25) is 0 Å². The summed E-state index contributed by atoms with van der Waals surface area (Å²) >= 11 is 0. The van der Waals surface area contributed by atoms with E-state index < -0.39 is 0 Å². The van der Waals surface area contributed by atoms with E-state index >= 15 is 0 Å². The monoisotopic (exact) mass is 435 g/mol. The van der Waals surface area contributed by atoms with Crippen molar-refractivity contribution in [3.63, 3.8) is 0 Å². The molecule has 0 amide bonds. The smallest absolute Gasteiger partial charge is 0 e. The molecule has 0 bridgehead atoms. The van der Waals surface area contributed by atoms with Crippen molar-refractivity contribution in [1.82, 2.24) is 0 Å². The van der Waals surface area contributed by atoms with Gasteiger partial charge in [0.05, 0.1) is 0 Å². The summed E-state index contributed by atoms with van der Waals surface area (Å²) in [7, 11) is 0. The number of benzene rings is 2. The van der Waals surface area contributed by atoms with Crippen LogP contribution in [0, 0.1) is 35.6 Å². The number of fused-ring (bicyclic) bond motifs is 2. The van der Waals surface area contributed by atoms with Crippen LogP contribution in [0.15, 0.2) is 72.8 Å². The number of hydrogen-bond donors (Lipinski definition) is 0. The van der Waals surface area contributed by atoms with Gasteiger partial charge in [-0.05, 0) is 0 Å². The van der Waals surface area contributed by atoms with Gasteiger partial charge in [-0.2, -0.15) is 18.6 Å². The van der Waals surface area contributed by atoms with Crippen LogP contribution in [-0.4, -0.2) is 0 Å². The molecule has 0 fully saturated rings. The molecule has 1 heteroatoms. The maximum Gasteiger partial charge on any atom is 0 e. The molecule has 0 saturated carbocycles. The number of aryl methyl sites for hydroxylation is 2. The second-order valence-corrected chi connectivity index (χ2v) is 6.18. The molecule has 0 N–H and O–H groups in total.